The van der Waals surface area contributed by atoms with E-state index in [-0.39, 0.29) is 23.7 Å². The highest BCUT2D eigenvalue weighted by Gasteiger charge is 2.37. The van der Waals surface area contributed by atoms with E-state index < -0.39 is 60.5 Å². The highest BCUT2D eigenvalue weighted by molar-refractivity contribution is 6.76. The second-order valence-electron chi connectivity index (χ2n) is 12.2. The van der Waals surface area contributed by atoms with Crippen molar-refractivity contribution in [3.8, 4) is 11.5 Å². The summed E-state index contributed by atoms with van der Waals surface area (Å²) in [6, 6.07) is 2.68. The Labute approximate surface area is 247 Å². The number of halogens is 5. The number of fused-ring (bicyclic) bond motifs is 1. The van der Waals surface area contributed by atoms with Crippen LogP contribution in [0.3, 0.4) is 0 Å². The van der Waals surface area contributed by atoms with Gasteiger partial charge in [-0.1, -0.05) is 26.2 Å². The fraction of sp³-hybridized carbons (Fsp3) is 0.448. The molecule has 1 aliphatic heterocycles. The predicted octanol–water partition coefficient (Wildman–Crippen LogP) is 8.03. The van der Waals surface area contributed by atoms with Crippen LogP contribution in [0, 0.1) is 11.6 Å². The van der Waals surface area contributed by atoms with Crippen molar-refractivity contribution in [1.82, 2.24) is 14.9 Å². The molecule has 0 radical (unpaired) electrons. The Morgan fingerprint density at radius 2 is 1.91 bits per heavy atom. The molecule has 2 N–H and O–H groups in total. The van der Waals surface area contributed by atoms with Crippen molar-refractivity contribution in [2.24, 2.45) is 0 Å². The summed E-state index contributed by atoms with van der Waals surface area (Å²) in [5.74, 6) is -3.90. The number of aromatic nitrogens is 2. The second kappa shape index (κ2) is 12.2. The van der Waals surface area contributed by atoms with E-state index in [1.54, 1.807) is 0 Å². The number of rotatable bonds is 10. The number of hydrogen-bond acceptors (Lipinski definition) is 5. The molecule has 0 aliphatic carbocycles. The number of anilines is 1. The van der Waals surface area contributed by atoms with Crippen LogP contribution in [0.1, 0.15) is 32.3 Å². The zero-order valence-electron chi connectivity index (χ0n) is 24.6. The molecule has 8 nitrogen and oxygen atoms in total. The van der Waals surface area contributed by atoms with Crippen molar-refractivity contribution >= 4 is 30.8 Å². The van der Waals surface area contributed by atoms with Crippen LogP contribution in [0.25, 0.3) is 11.0 Å². The fourth-order valence-electron chi connectivity index (χ4n) is 4.58. The van der Waals surface area contributed by atoms with Gasteiger partial charge in [0.05, 0.1) is 22.7 Å². The minimum Gasteiger partial charge on any atom is -0.450 e. The molecule has 0 saturated carbocycles. The number of ether oxygens (including phenoxy) is 3. The van der Waals surface area contributed by atoms with Gasteiger partial charge >= 0.3 is 12.2 Å². The average molecular weight is 627 g/mol. The number of urea groups is 1. The topological polar surface area (TPSA) is 86.6 Å². The third-order valence-electron chi connectivity index (χ3n) is 6.85. The number of benzene rings is 1. The van der Waals surface area contributed by atoms with E-state index in [0.717, 1.165) is 36.9 Å². The van der Waals surface area contributed by atoms with Gasteiger partial charge in [-0.15, -0.1) is 0 Å². The smallest absolute Gasteiger partial charge is 0.418 e. The minimum absolute atomic E-state index is 0.122. The molecule has 2 amide bonds. The maximum absolute atomic E-state index is 15.0. The van der Waals surface area contributed by atoms with Crippen LogP contribution in [-0.2, 0) is 22.4 Å². The highest BCUT2D eigenvalue weighted by Crippen LogP contribution is 2.42. The lowest BCUT2D eigenvalue weighted by Crippen LogP contribution is -2.33. The highest BCUT2D eigenvalue weighted by atomic mass is 28.3. The third kappa shape index (κ3) is 8.12. The lowest BCUT2D eigenvalue weighted by Gasteiger charge is -2.21. The van der Waals surface area contributed by atoms with E-state index in [2.05, 4.69) is 41.8 Å². The predicted molar refractivity (Wildman–Crippen MR) is 155 cm³/mol. The van der Waals surface area contributed by atoms with Crippen molar-refractivity contribution in [3.63, 3.8) is 0 Å². The Balaban J connectivity index is 1.53. The quantitative estimate of drug-likeness (QED) is 0.135. The van der Waals surface area contributed by atoms with Gasteiger partial charge in [-0.2, -0.15) is 13.2 Å². The van der Waals surface area contributed by atoms with Crippen LogP contribution in [0.5, 0.6) is 11.5 Å². The maximum Gasteiger partial charge on any atom is 0.418 e. The molecule has 1 saturated heterocycles. The van der Waals surface area contributed by atoms with Crippen molar-refractivity contribution in [1.29, 1.82) is 0 Å². The minimum atomic E-state index is -4.81. The summed E-state index contributed by atoms with van der Waals surface area (Å²) in [5.41, 5.74) is -1.54. The lowest BCUT2D eigenvalue weighted by atomic mass is 10.1. The number of amides is 2. The summed E-state index contributed by atoms with van der Waals surface area (Å²) in [5, 5.41) is 4.34. The Kier molecular flexibility index (Phi) is 9.23. The molecule has 3 heterocycles. The van der Waals surface area contributed by atoms with Crippen molar-refractivity contribution < 1.29 is 41.0 Å². The van der Waals surface area contributed by atoms with Gasteiger partial charge in [0, 0.05) is 50.6 Å². The summed E-state index contributed by atoms with van der Waals surface area (Å²) in [6.07, 6.45) is -1.80. The molecule has 43 heavy (non-hydrogen) atoms. The number of nitrogens with one attached hydrogen (secondary N) is 2. The van der Waals surface area contributed by atoms with E-state index in [1.807, 2.05) is 13.8 Å². The second-order valence-corrected chi connectivity index (χ2v) is 17.9. The molecule has 1 aliphatic rings. The number of nitrogens with zero attached hydrogens (tertiary/aromatic N) is 2. The van der Waals surface area contributed by atoms with E-state index in [1.165, 1.54) is 10.8 Å². The SMILES string of the molecule is C=C(NC(=O)Nc1cc(F)c(Oc2ccnc3c2c(C(F)(F)F)cn3COCC[Si](C)(C)C)c(F)c1)C1CCC(C)(C)O1. The standard InChI is InChI=1S/C29H35F5N4O4Si/c1-17(22-7-9-28(2,3)42-22)36-27(39)37-18-13-20(30)25(21(31)14-18)41-23-8-10-35-26-24(23)19(29(32,33)34)15-38(26)16-40-11-12-43(4,5)6/h8,10,13-15,22H,1,7,9,11-12,16H2,2-6H3,(H2,36,37,39). The first-order valence-corrected chi connectivity index (χ1v) is 17.4. The molecule has 1 unspecified atom stereocenters. The number of pyridine rings is 1. The molecular formula is C29H35F5N4O4Si. The summed E-state index contributed by atoms with van der Waals surface area (Å²) in [7, 11) is -1.42. The van der Waals surface area contributed by atoms with Crippen LogP contribution in [0.4, 0.5) is 32.4 Å². The largest absolute Gasteiger partial charge is 0.450 e. The Bertz CT molecular complexity index is 1490. The first kappa shape index (κ1) is 32.4. The summed E-state index contributed by atoms with van der Waals surface area (Å²) < 4.78 is 90.1. The first-order chi connectivity index (χ1) is 19.9. The average Bonchev–Trinajstić information content (AvgIpc) is 3.44. The van der Waals surface area contributed by atoms with Crippen LogP contribution in [0.15, 0.2) is 42.9 Å². The third-order valence-corrected chi connectivity index (χ3v) is 8.56. The van der Waals surface area contributed by atoms with E-state index in [9.17, 15) is 18.0 Å². The van der Waals surface area contributed by atoms with Gasteiger partial charge in [-0.05, 0) is 38.8 Å². The molecule has 14 heteroatoms. The zero-order chi connectivity index (χ0) is 31.7. The van der Waals surface area contributed by atoms with Crippen LogP contribution in [0.2, 0.25) is 25.7 Å². The monoisotopic (exact) mass is 626 g/mol. The lowest BCUT2D eigenvalue weighted by molar-refractivity contribution is -0.136. The van der Waals surface area contributed by atoms with Gasteiger partial charge in [0.25, 0.3) is 0 Å². The Morgan fingerprint density at radius 1 is 1.23 bits per heavy atom. The fourth-order valence-corrected chi connectivity index (χ4v) is 5.34. The number of alkyl halides is 3. The summed E-state index contributed by atoms with van der Waals surface area (Å²) >= 11 is 0. The van der Waals surface area contributed by atoms with Crippen LogP contribution in [-0.4, -0.2) is 42.0 Å². The molecule has 234 valence electrons. The molecule has 1 aromatic carbocycles. The van der Waals surface area contributed by atoms with Crippen molar-refractivity contribution in [3.05, 3.63) is 60.1 Å². The van der Waals surface area contributed by atoms with Crippen molar-refractivity contribution in [2.45, 2.75) is 77.0 Å². The van der Waals surface area contributed by atoms with E-state index >= 15 is 8.78 Å². The van der Waals surface area contributed by atoms with Gasteiger partial charge in [0.1, 0.15) is 18.1 Å². The van der Waals surface area contributed by atoms with Gasteiger partial charge in [0.15, 0.2) is 17.4 Å². The van der Waals surface area contributed by atoms with Gasteiger partial charge in [0.2, 0.25) is 0 Å². The molecule has 0 spiro atoms. The molecule has 1 atom stereocenters. The van der Waals surface area contributed by atoms with E-state index in [0.29, 0.717) is 18.7 Å². The number of hydrogen-bond donors (Lipinski definition) is 2. The van der Waals surface area contributed by atoms with E-state index in [4.69, 9.17) is 14.2 Å². The Hall–Kier alpha value is -3.49. The number of carbonyl (C=O) groups excluding carboxylic acids is 1. The Morgan fingerprint density at radius 3 is 2.49 bits per heavy atom. The molecule has 3 aromatic rings. The summed E-state index contributed by atoms with van der Waals surface area (Å²) in [4.78, 5) is 16.5. The molecular weight excluding hydrogens is 591 g/mol. The molecule has 1 fully saturated rings. The van der Waals surface area contributed by atoms with Crippen LogP contribution < -0.4 is 15.4 Å². The summed E-state index contributed by atoms with van der Waals surface area (Å²) in [6.45, 7) is 14.2. The van der Waals surface area contributed by atoms with Gasteiger partial charge in [-0.25, -0.2) is 18.6 Å². The molecule has 4 rings (SSSR count). The molecule has 0 bridgehead atoms. The van der Waals surface area contributed by atoms with Crippen molar-refractivity contribution in [2.75, 3.05) is 11.9 Å². The molecule has 2 aromatic heterocycles. The normalized spacial score (nSPS) is 16.8. The first-order valence-electron chi connectivity index (χ1n) is 13.7. The zero-order valence-corrected chi connectivity index (χ0v) is 25.6. The van der Waals surface area contributed by atoms with Gasteiger partial charge < -0.3 is 29.4 Å². The number of carbonyl (C=O) groups is 1. The van der Waals surface area contributed by atoms with Crippen LogP contribution >= 0.6 is 0 Å². The maximum atomic E-state index is 15.0. The van der Waals surface area contributed by atoms with Gasteiger partial charge in [-0.3, -0.25) is 0 Å².